The summed E-state index contributed by atoms with van der Waals surface area (Å²) in [4.78, 5) is 2.77. The molecule has 0 radical (unpaired) electrons. The lowest BCUT2D eigenvalue weighted by Crippen LogP contribution is -2.37. The monoisotopic (exact) mass is 365 g/mol. The minimum absolute atomic E-state index is 0.329. The fourth-order valence-electron chi connectivity index (χ4n) is 3.03. The Morgan fingerprint density at radius 2 is 1.67 bits per heavy atom. The van der Waals surface area contributed by atoms with Gasteiger partial charge in [-0.3, -0.25) is 0 Å². The van der Waals surface area contributed by atoms with Gasteiger partial charge in [-0.25, -0.2) is 8.42 Å². The van der Waals surface area contributed by atoms with Crippen molar-refractivity contribution in [3.63, 3.8) is 0 Å². The van der Waals surface area contributed by atoms with Crippen LogP contribution in [-0.4, -0.2) is 47.1 Å². The minimum Gasteiger partial charge on any atom is -0.339 e. The van der Waals surface area contributed by atoms with Gasteiger partial charge >= 0.3 is 0 Å². The van der Waals surface area contributed by atoms with Gasteiger partial charge in [0.1, 0.15) is 0 Å². The van der Waals surface area contributed by atoms with Crippen molar-refractivity contribution < 1.29 is 12.9 Å². The molecule has 1 aliphatic rings. The minimum atomic E-state index is -3.51. The van der Waals surface area contributed by atoms with Crippen LogP contribution in [0.2, 0.25) is 5.02 Å². The van der Waals surface area contributed by atoms with Crippen LogP contribution < -0.4 is 4.90 Å². The van der Waals surface area contributed by atoms with Crippen molar-refractivity contribution >= 4 is 32.8 Å². The highest BCUT2D eigenvalue weighted by atomic mass is 35.5. The summed E-state index contributed by atoms with van der Waals surface area (Å²) in [5.74, 6) is 0. The molecule has 1 heterocycles. The second-order valence-corrected chi connectivity index (χ2v) is 9.43. The van der Waals surface area contributed by atoms with E-state index in [1.165, 1.54) is 0 Å². The van der Waals surface area contributed by atoms with E-state index in [2.05, 4.69) is 26.0 Å². The molecule has 4 nitrogen and oxygen atoms in total. The Bertz CT molecular complexity index is 873. The molecule has 0 N–H and O–H groups in total. The normalized spacial score (nSPS) is 15.8. The Balaban J connectivity index is 2.08. The van der Waals surface area contributed by atoms with Crippen LogP contribution in [0.5, 0.6) is 0 Å². The molecule has 0 aliphatic carbocycles. The molecule has 0 atom stereocenters. The summed E-state index contributed by atoms with van der Waals surface area (Å²) in [7, 11) is 2.95. The average Bonchev–Trinajstić information content (AvgIpc) is 2.49. The van der Waals surface area contributed by atoms with Crippen LogP contribution in [-0.2, 0) is 9.84 Å². The quantitative estimate of drug-likeness (QED) is 0.775. The number of benzene rings is 2. The van der Waals surface area contributed by atoms with Gasteiger partial charge in [0.05, 0.1) is 48.9 Å². The third-order valence-electron chi connectivity index (χ3n) is 4.16. The molecule has 0 saturated carbocycles. The van der Waals surface area contributed by atoms with Gasteiger partial charge in [-0.1, -0.05) is 23.7 Å². The summed E-state index contributed by atoms with van der Waals surface area (Å²) in [6.45, 7) is 1.75. The molecule has 1 aliphatic heterocycles. The van der Waals surface area contributed by atoms with Crippen molar-refractivity contribution in [3.8, 4) is 0 Å². The lowest BCUT2D eigenvalue weighted by Gasteiger charge is -2.34. The molecule has 24 heavy (non-hydrogen) atoms. The molecular weight excluding hydrogens is 344 g/mol. The molecule has 128 valence electrons. The Morgan fingerprint density at radius 1 is 1.00 bits per heavy atom. The molecule has 0 saturated heterocycles. The van der Waals surface area contributed by atoms with Crippen LogP contribution in [0.4, 0.5) is 11.4 Å². The maximum Gasteiger partial charge on any atom is 0.210 e. The predicted molar refractivity (Wildman–Crippen MR) is 97.9 cm³/mol. The molecule has 0 aromatic heterocycles. The van der Waals surface area contributed by atoms with Gasteiger partial charge in [0.15, 0.2) is 0 Å². The summed E-state index contributed by atoms with van der Waals surface area (Å²) in [6.07, 6.45) is 0.948. The van der Waals surface area contributed by atoms with E-state index in [0.717, 1.165) is 29.7 Å². The summed E-state index contributed by atoms with van der Waals surface area (Å²) in [5, 5.41) is 0.542. The van der Waals surface area contributed by atoms with Crippen LogP contribution >= 0.6 is 11.6 Å². The fraction of sp³-hybridized carbons (Fsp3) is 0.333. The van der Waals surface area contributed by atoms with Crippen molar-refractivity contribution in [3.05, 3.63) is 47.5 Å². The number of anilines is 2. The molecular formula is C18H22ClN2O2S+. The molecule has 0 bridgehead atoms. The van der Waals surface area contributed by atoms with Crippen LogP contribution in [0.25, 0.3) is 0 Å². The standard InChI is InChI=1S/C18H22ClN2O2S/c1-21(2,3)12-6-11-20-15-7-4-5-8-17(15)24(22,23)18-10-9-14(19)13-16(18)20/h4-5,7-10,13H,6,11-12H2,1-3H3/q+1. The molecule has 3 rings (SSSR count). The van der Waals surface area contributed by atoms with Gasteiger partial charge in [0.2, 0.25) is 9.84 Å². The molecule has 6 heteroatoms. The zero-order chi connectivity index (χ0) is 17.5. The zero-order valence-corrected chi connectivity index (χ0v) is 15.7. The summed E-state index contributed by atoms with van der Waals surface area (Å²) in [6, 6.07) is 12.2. The van der Waals surface area contributed by atoms with Crippen LogP contribution in [0.1, 0.15) is 6.42 Å². The fourth-order valence-corrected chi connectivity index (χ4v) is 4.83. The molecule has 0 amide bonds. The smallest absolute Gasteiger partial charge is 0.210 e. The van der Waals surface area contributed by atoms with E-state index in [4.69, 9.17) is 11.6 Å². The number of halogens is 1. The lowest BCUT2D eigenvalue weighted by atomic mass is 10.2. The highest BCUT2D eigenvalue weighted by Gasteiger charge is 2.33. The number of nitrogens with zero attached hydrogens (tertiary/aromatic N) is 2. The second kappa shape index (κ2) is 6.06. The first-order valence-electron chi connectivity index (χ1n) is 7.92. The summed E-state index contributed by atoms with van der Waals surface area (Å²) >= 11 is 6.14. The molecule has 2 aromatic carbocycles. The first-order valence-corrected chi connectivity index (χ1v) is 9.78. The van der Waals surface area contributed by atoms with E-state index in [0.29, 0.717) is 20.5 Å². The zero-order valence-electron chi connectivity index (χ0n) is 14.2. The van der Waals surface area contributed by atoms with E-state index in [1.54, 1.807) is 30.3 Å². The van der Waals surface area contributed by atoms with Gasteiger partial charge in [-0.05, 0) is 30.3 Å². The largest absolute Gasteiger partial charge is 0.339 e. The first kappa shape index (κ1) is 17.3. The third-order valence-corrected chi connectivity index (χ3v) is 6.24. The number of hydrogen-bond acceptors (Lipinski definition) is 3. The van der Waals surface area contributed by atoms with Crippen molar-refractivity contribution in [2.75, 3.05) is 39.1 Å². The topological polar surface area (TPSA) is 37.4 Å². The number of rotatable bonds is 4. The second-order valence-electron chi connectivity index (χ2n) is 7.10. The number of para-hydroxylation sites is 1. The van der Waals surface area contributed by atoms with Crippen LogP contribution in [0.3, 0.4) is 0 Å². The van der Waals surface area contributed by atoms with E-state index < -0.39 is 9.84 Å². The van der Waals surface area contributed by atoms with Gasteiger partial charge in [-0.15, -0.1) is 0 Å². The SMILES string of the molecule is C[N+](C)(C)CCCN1c2ccccc2S(=O)(=O)c2ccc(Cl)cc21. The number of hydrogen-bond donors (Lipinski definition) is 0. The number of sulfone groups is 1. The molecule has 0 spiro atoms. The average molecular weight is 366 g/mol. The third kappa shape index (κ3) is 3.16. The predicted octanol–water partition coefficient (Wildman–Crippen LogP) is 3.72. The Morgan fingerprint density at radius 3 is 2.38 bits per heavy atom. The van der Waals surface area contributed by atoms with Gasteiger partial charge < -0.3 is 9.38 Å². The maximum absolute atomic E-state index is 12.9. The van der Waals surface area contributed by atoms with Crippen LogP contribution in [0, 0.1) is 0 Å². The first-order chi connectivity index (χ1) is 11.2. The van der Waals surface area contributed by atoms with Crippen LogP contribution in [0.15, 0.2) is 52.3 Å². The van der Waals surface area contributed by atoms with E-state index in [-0.39, 0.29) is 0 Å². The van der Waals surface area contributed by atoms with Crippen molar-refractivity contribution in [2.24, 2.45) is 0 Å². The van der Waals surface area contributed by atoms with Crippen molar-refractivity contribution in [1.82, 2.24) is 0 Å². The van der Waals surface area contributed by atoms with Gasteiger partial charge in [-0.2, -0.15) is 0 Å². The highest BCUT2D eigenvalue weighted by Crippen LogP contribution is 2.44. The Hall–Kier alpha value is -1.56. The van der Waals surface area contributed by atoms with Gasteiger partial charge in [0.25, 0.3) is 0 Å². The van der Waals surface area contributed by atoms with Crippen molar-refractivity contribution in [1.29, 1.82) is 0 Å². The Kier molecular flexibility index (Phi) is 4.36. The number of quaternary nitrogens is 1. The summed E-state index contributed by atoms with van der Waals surface area (Å²) < 4.78 is 26.7. The Labute approximate surface area is 148 Å². The van der Waals surface area contributed by atoms with E-state index >= 15 is 0 Å². The molecule has 0 fully saturated rings. The number of fused-ring (bicyclic) bond motifs is 2. The molecule has 0 unspecified atom stereocenters. The summed E-state index contributed by atoms with van der Waals surface area (Å²) in [5.41, 5.74) is 1.40. The highest BCUT2D eigenvalue weighted by molar-refractivity contribution is 7.92. The maximum atomic E-state index is 12.9. The van der Waals surface area contributed by atoms with E-state index in [1.807, 2.05) is 12.1 Å². The lowest BCUT2D eigenvalue weighted by molar-refractivity contribution is -0.870. The van der Waals surface area contributed by atoms with Crippen molar-refractivity contribution in [2.45, 2.75) is 16.2 Å². The molecule has 2 aromatic rings. The van der Waals surface area contributed by atoms with E-state index in [9.17, 15) is 8.42 Å². The van der Waals surface area contributed by atoms with Gasteiger partial charge in [0, 0.05) is 18.0 Å².